The minimum atomic E-state index is 0.727. The summed E-state index contributed by atoms with van der Waals surface area (Å²) in [6.45, 7) is 2.92. The fourth-order valence-corrected chi connectivity index (χ4v) is 2.07. The molecule has 0 saturated heterocycles. The van der Waals surface area contributed by atoms with Crippen LogP contribution in [0.3, 0.4) is 0 Å². The summed E-state index contributed by atoms with van der Waals surface area (Å²) in [6.07, 6.45) is 1.15. The Bertz CT molecular complexity index is 261. The molecular formula is C12H17BrOS. The lowest BCUT2D eigenvalue weighted by Gasteiger charge is -2.05. The molecule has 0 aliphatic carbocycles. The van der Waals surface area contributed by atoms with E-state index in [9.17, 15) is 0 Å². The van der Waals surface area contributed by atoms with Crippen molar-refractivity contribution < 1.29 is 4.74 Å². The van der Waals surface area contributed by atoms with Crippen molar-refractivity contribution in [3.8, 4) is 5.75 Å². The minimum absolute atomic E-state index is 0.727. The van der Waals surface area contributed by atoms with Crippen molar-refractivity contribution >= 4 is 27.7 Å². The van der Waals surface area contributed by atoms with Crippen molar-refractivity contribution in [3.05, 3.63) is 29.8 Å². The number of ether oxygens (including phenoxy) is 1. The highest BCUT2D eigenvalue weighted by atomic mass is 79.9. The molecule has 15 heavy (non-hydrogen) atoms. The molecule has 0 fully saturated rings. The first-order chi connectivity index (χ1) is 7.36. The zero-order valence-electron chi connectivity index (χ0n) is 9.04. The second kappa shape index (κ2) is 8.05. The Morgan fingerprint density at radius 3 is 2.60 bits per heavy atom. The molecular weight excluding hydrogens is 272 g/mol. The van der Waals surface area contributed by atoms with E-state index in [1.165, 1.54) is 17.1 Å². The molecule has 1 aromatic rings. The van der Waals surface area contributed by atoms with Crippen LogP contribution in [0.5, 0.6) is 5.75 Å². The summed E-state index contributed by atoms with van der Waals surface area (Å²) >= 11 is 5.32. The molecule has 1 rings (SSSR count). The molecule has 0 amide bonds. The van der Waals surface area contributed by atoms with Crippen LogP contribution in [0.15, 0.2) is 24.3 Å². The van der Waals surface area contributed by atoms with Gasteiger partial charge < -0.3 is 4.74 Å². The molecule has 1 aromatic carbocycles. The smallest absolute Gasteiger partial charge is 0.119 e. The summed E-state index contributed by atoms with van der Waals surface area (Å²) < 4.78 is 5.48. The van der Waals surface area contributed by atoms with E-state index in [1.54, 1.807) is 0 Å². The molecule has 0 spiro atoms. The first kappa shape index (κ1) is 12.9. The van der Waals surface area contributed by atoms with Crippen LogP contribution in [0.4, 0.5) is 0 Å². The second-order valence-electron chi connectivity index (χ2n) is 3.13. The first-order valence-corrected chi connectivity index (χ1v) is 7.50. The Balaban J connectivity index is 2.35. The Labute approximate surface area is 105 Å². The number of halogens is 1. The minimum Gasteiger partial charge on any atom is -0.493 e. The average Bonchev–Trinajstić information content (AvgIpc) is 2.28. The van der Waals surface area contributed by atoms with E-state index in [2.05, 4.69) is 47.1 Å². The van der Waals surface area contributed by atoms with Crippen LogP contribution in [0.1, 0.15) is 12.5 Å². The number of benzene rings is 1. The van der Waals surface area contributed by atoms with E-state index in [1.807, 2.05) is 11.8 Å². The van der Waals surface area contributed by atoms with Crippen molar-refractivity contribution in [3.63, 3.8) is 0 Å². The van der Waals surface area contributed by atoms with Gasteiger partial charge in [-0.1, -0.05) is 35.0 Å². The Morgan fingerprint density at radius 1 is 1.27 bits per heavy atom. The van der Waals surface area contributed by atoms with Crippen LogP contribution in [0, 0.1) is 0 Å². The lowest BCUT2D eigenvalue weighted by Crippen LogP contribution is -1.97. The van der Waals surface area contributed by atoms with Gasteiger partial charge in [-0.15, -0.1) is 0 Å². The summed E-state index contributed by atoms with van der Waals surface area (Å²) in [4.78, 5) is 0. The summed E-state index contributed by atoms with van der Waals surface area (Å²) in [5.74, 6) is 3.37. The van der Waals surface area contributed by atoms with Crippen LogP contribution >= 0.6 is 27.7 Å². The maximum absolute atomic E-state index is 5.48. The highest BCUT2D eigenvalue weighted by Gasteiger charge is 1.95. The quantitative estimate of drug-likeness (QED) is 0.558. The van der Waals surface area contributed by atoms with Crippen molar-refractivity contribution in [1.29, 1.82) is 0 Å². The van der Waals surface area contributed by atoms with E-state index in [0.717, 1.165) is 24.1 Å². The predicted octanol–water partition coefficient (Wildman–Crippen LogP) is 3.76. The van der Waals surface area contributed by atoms with Gasteiger partial charge in [-0.25, -0.2) is 0 Å². The van der Waals surface area contributed by atoms with Crippen molar-refractivity contribution in [1.82, 2.24) is 0 Å². The normalized spacial score (nSPS) is 10.3. The van der Waals surface area contributed by atoms with Gasteiger partial charge in [-0.2, -0.15) is 11.8 Å². The third kappa shape index (κ3) is 5.47. The van der Waals surface area contributed by atoms with Crippen LogP contribution in [0.25, 0.3) is 0 Å². The molecule has 0 unspecified atom stereocenters. The predicted molar refractivity (Wildman–Crippen MR) is 72.4 cm³/mol. The van der Waals surface area contributed by atoms with Gasteiger partial charge in [0.15, 0.2) is 0 Å². The first-order valence-electron chi connectivity index (χ1n) is 5.22. The number of hydrogen-bond acceptors (Lipinski definition) is 2. The van der Waals surface area contributed by atoms with Crippen LogP contribution in [-0.4, -0.2) is 23.4 Å². The van der Waals surface area contributed by atoms with Gasteiger partial charge in [0.1, 0.15) is 5.75 Å². The highest BCUT2D eigenvalue weighted by molar-refractivity contribution is 9.09. The van der Waals surface area contributed by atoms with E-state index >= 15 is 0 Å². The van der Waals surface area contributed by atoms with E-state index in [0.29, 0.717) is 0 Å². The number of alkyl halides is 1. The molecule has 0 aromatic heterocycles. The molecule has 0 N–H and O–H groups in total. The van der Waals surface area contributed by atoms with E-state index in [-0.39, 0.29) is 0 Å². The monoisotopic (exact) mass is 288 g/mol. The van der Waals surface area contributed by atoms with Gasteiger partial charge in [0.05, 0.1) is 6.61 Å². The standard InChI is InChI=1S/C12H17BrOS/c1-2-15-10-7-11-3-5-12(6-4-11)14-9-8-13/h3-6H,2,7-10H2,1H3. The van der Waals surface area contributed by atoms with E-state index in [4.69, 9.17) is 4.74 Å². The maximum atomic E-state index is 5.48. The molecule has 84 valence electrons. The lowest BCUT2D eigenvalue weighted by molar-refractivity contribution is 0.345. The average molecular weight is 289 g/mol. The van der Waals surface area contributed by atoms with Gasteiger partial charge in [-0.05, 0) is 35.6 Å². The van der Waals surface area contributed by atoms with Gasteiger partial charge in [0.2, 0.25) is 0 Å². The van der Waals surface area contributed by atoms with Crippen molar-refractivity contribution in [2.75, 3.05) is 23.4 Å². The molecule has 0 aliphatic rings. The molecule has 0 bridgehead atoms. The van der Waals surface area contributed by atoms with Crippen LogP contribution in [-0.2, 0) is 6.42 Å². The fraction of sp³-hybridized carbons (Fsp3) is 0.500. The molecule has 3 heteroatoms. The van der Waals surface area contributed by atoms with Crippen LogP contribution in [0.2, 0.25) is 0 Å². The second-order valence-corrected chi connectivity index (χ2v) is 5.32. The highest BCUT2D eigenvalue weighted by Crippen LogP contribution is 2.14. The molecule has 0 radical (unpaired) electrons. The zero-order valence-corrected chi connectivity index (χ0v) is 11.4. The SMILES string of the molecule is CCSCCc1ccc(OCCBr)cc1. The Hall–Kier alpha value is -0.150. The molecule has 0 aliphatic heterocycles. The van der Waals surface area contributed by atoms with Gasteiger partial charge >= 0.3 is 0 Å². The van der Waals surface area contributed by atoms with Gasteiger partial charge in [0.25, 0.3) is 0 Å². The molecule has 0 heterocycles. The summed E-state index contributed by atoms with van der Waals surface area (Å²) in [5.41, 5.74) is 1.39. The summed E-state index contributed by atoms with van der Waals surface area (Å²) in [5, 5.41) is 0.877. The van der Waals surface area contributed by atoms with Crippen molar-refractivity contribution in [2.24, 2.45) is 0 Å². The number of aryl methyl sites for hydroxylation is 1. The number of hydrogen-bond donors (Lipinski definition) is 0. The van der Waals surface area contributed by atoms with Crippen LogP contribution < -0.4 is 4.74 Å². The van der Waals surface area contributed by atoms with Gasteiger partial charge in [0, 0.05) is 5.33 Å². The summed E-state index contributed by atoms with van der Waals surface area (Å²) in [6, 6.07) is 8.41. The largest absolute Gasteiger partial charge is 0.493 e. The maximum Gasteiger partial charge on any atom is 0.119 e. The number of rotatable bonds is 7. The fourth-order valence-electron chi connectivity index (χ4n) is 1.24. The van der Waals surface area contributed by atoms with Gasteiger partial charge in [-0.3, -0.25) is 0 Å². The zero-order chi connectivity index (χ0) is 10.9. The van der Waals surface area contributed by atoms with E-state index < -0.39 is 0 Å². The summed E-state index contributed by atoms with van der Waals surface area (Å²) in [7, 11) is 0. The Morgan fingerprint density at radius 2 is 2.00 bits per heavy atom. The molecule has 1 nitrogen and oxygen atoms in total. The Kier molecular flexibility index (Phi) is 6.94. The molecule has 0 atom stereocenters. The molecule has 0 saturated carbocycles. The number of thioether (sulfide) groups is 1. The third-order valence-electron chi connectivity index (χ3n) is 2.01. The lowest BCUT2D eigenvalue weighted by atomic mass is 10.2. The third-order valence-corrected chi connectivity index (χ3v) is 3.23. The van der Waals surface area contributed by atoms with Crippen molar-refractivity contribution in [2.45, 2.75) is 13.3 Å². The topological polar surface area (TPSA) is 9.23 Å².